The average Bonchev–Trinajstić information content (AvgIpc) is 2.75. The van der Waals surface area contributed by atoms with Crippen molar-refractivity contribution in [3.8, 4) is 33.6 Å². The van der Waals surface area contributed by atoms with Crippen molar-refractivity contribution in [3.05, 3.63) is 102 Å². The van der Waals surface area contributed by atoms with E-state index < -0.39 is 0 Å². The Kier molecular flexibility index (Phi) is 5.31. The summed E-state index contributed by atoms with van der Waals surface area (Å²) in [5.74, 6) is 0. The van der Waals surface area contributed by atoms with Crippen LogP contribution < -0.4 is 0 Å². The molecule has 2 heteroatoms. The van der Waals surface area contributed by atoms with E-state index in [2.05, 4.69) is 91.9 Å². The van der Waals surface area contributed by atoms with Gasteiger partial charge in [-0.05, 0) is 42.2 Å². The molecule has 0 fully saturated rings. The molecule has 0 bridgehead atoms. The van der Waals surface area contributed by atoms with Crippen molar-refractivity contribution in [1.82, 2.24) is 4.98 Å². The van der Waals surface area contributed by atoms with Gasteiger partial charge in [-0.2, -0.15) is 0 Å². The van der Waals surface area contributed by atoms with Crippen LogP contribution in [0.2, 0.25) is 0 Å². The first-order chi connectivity index (χ1) is 13.7. The van der Waals surface area contributed by atoms with Gasteiger partial charge in [0.15, 0.2) is 0 Å². The number of aromatic nitrogens is 1. The van der Waals surface area contributed by atoms with Gasteiger partial charge in [-0.15, -0.1) is 0 Å². The molecule has 0 atom stereocenters. The summed E-state index contributed by atoms with van der Waals surface area (Å²) in [6.07, 6.45) is 0.673. The Morgan fingerprint density at radius 2 is 1.21 bits per heavy atom. The van der Waals surface area contributed by atoms with Crippen molar-refractivity contribution >= 4 is 0 Å². The van der Waals surface area contributed by atoms with E-state index in [1.807, 2.05) is 6.07 Å². The van der Waals surface area contributed by atoms with Crippen molar-refractivity contribution < 1.29 is 5.11 Å². The predicted octanol–water partition coefficient (Wildman–Crippen LogP) is 5.93. The highest BCUT2D eigenvalue weighted by atomic mass is 16.2. The second kappa shape index (κ2) is 8.20. The van der Waals surface area contributed by atoms with Crippen molar-refractivity contribution in [3.63, 3.8) is 0 Å². The smallest absolute Gasteiger partial charge is 0.0715 e. The van der Waals surface area contributed by atoms with E-state index in [1.54, 1.807) is 0 Å². The molecule has 2 nitrogen and oxygen atoms in total. The summed E-state index contributed by atoms with van der Waals surface area (Å²) in [6, 6.07) is 31.5. The van der Waals surface area contributed by atoms with Crippen molar-refractivity contribution in [2.45, 2.75) is 13.3 Å². The second-order valence-electron chi connectivity index (χ2n) is 7.03. The Balaban J connectivity index is 1.83. The third kappa shape index (κ3) is 4.03. The molecular formula is C26H23NO. The second-order valence-corrected chi connectivity index (χ2v) is 7.03. The first-order valence-corrected chi connectivity index (χ1v) is 9.58. The Morgan fingerprint density at radius 3 is 1.79 bits per heavy atom. The van der Waals surface area contributed by atoms with Gasteiger partial charge in [0.05, 0.1) is 11.4 Å². The Bertz CT molecular complexity index is 1050. The van der Waals surface area contributed by atoms with Crippen LogP contribution in [0.4, 0.5) is 0 Å². The molecule has 0 aliphatic rings. The summed E-state index contributed by atoms with van der Waals surface area (Å²) >= 11 is 0. The molecule has 0 amide bonds. The van der Waals surface area contributed by atoms with Crippen molar-refractivity contribution in [2.75, 3.05) is 6.61 Å². The lowest BCUT2D eigenvalue weighted by molar-refractivity contribution is 0.299. The number of aryl methyl sites for hydroxylation is 1. The van der Waals surface area contributed by atoms with E-state index in [1.165, 1.54) is 11.1 Å². The maximum absolute atomic E-state index is 9.14. The van der Waals surface area contributed by atoms with Crippen LogP contribution in [0.15, 0.2) is 91.0 Å². The Hall–Kier alpha value is -3.23. The molecule has 138 valence electrons. The van der Waals surface area contributed by atoms with Gasteiger partial charge in [0, 0.05) is 17.7 Å². The van der Waals surface area contributed by atoms with Gasteiger partial charge in [0.2, 0.25) is 0 Å². The van der Waals surface area contributed by atoms with Gasteiger partial charge in [-0.25, -0.2) is 4.98 Å². The standard InChI is InChI=1S/C26H23NO/c1-19-7-11-22(12-8-19)25-17-24(21-5-3-2-4-6-21)18-26(27-25)23-13-9-20(10-14-23)15-16-28/h2-14,17-18,28H,15-16H2,1H3. The lowest BCUT2D eigenvalue weighted by Gasteiger charge is -2.11. The number of hydrogen-bond donors (Lipinski definition) is 1. The minimum Gasteiger partial charge on any atom is -0.396 e. The van der Waals surface area contributed by atoms with Crippen LogP contribution in [-0.4, -0.2) is 16.7 Å². The zero-order chi connectivity index (χ0) is 19.3. The first kappa shape index (κ1) is 18.1. The van der Waals surface area contributed by atoms with Gasteiger partial charge >= 0.3 is 0 Å². The highest BCUT2D eigenvalue weighted by molar-refractivity contribution is 5.76. The van der Waals surface area contributed by atoms with E-state index in [4.69, 9.17) is 10.1 Å². The highest BCUT2D eigenvalue weighted by Crippen LogP contribution is 2.30. The van der Waals surface area contributed by atoms with Crippen molar-refractivity contribution in [1.29, 1.82) is 0 Å². The van der Waals surface area contributed by atoms with Crippen LogP contribution in [0.1, 0.15) is 11.1 Å². The molecule has 4 rings (SSSR count). The number of nitrogens with zero attached hydrogens (tertiary/aromatic N) is 1. The molecule has 0 saturated carbocycles. The molecule has 0 aliphatic carbocycles. The molecule has 1 N–H and O–H groups in total. The van der Waals surface area contributed by atoms with Gasteiger partial charge in [-0.3, -0.25) is 0 Å². The van der Waals surface area contributed by atoms with E-state index in [0.29, 0.717) is 6.42 Å². The summed E-state index contributed by atoms with van der Waals surface area (Å²) in [5, 5.41) is 9.14. The summed E-state index contributed by atoms with van der Waals surface area (Å²) in [5.41, 5.74) is 8.81. The largest absolute Gasteiger partial charge is 0.396 e. The number of aliphatic hydroxyl groups excluding tert-OH is 1. The van der Waals surface area contributed by atoms with Crippen LogP contribution in [-0.2, 0) is 6.42 Å². The highest BCUT2D eigenvalue weighted by Gasteiger charge is 2.09. The molecule has 0 spiro atoms. The molecule has 0 saturated heterocycles. The number of benzene rings is 3. The van der Waals surface area contributed by atoms with Crippen LogP contribution >= 0.6 is 0 Å². The summed E-state index contributed by atoms with van der Waals surface area (Å²) in [4.78, 5) is 4.96. The van der Waals surface area contributed by atoms with Gasteiger partial charge in [0.1, 0.15) is 0 Å². The lowest BCUT2D eigenvalue weighted by Crippen LogP contribution is -1.93. The molecule has 0 aliphatic heterocycles. The summed E-state index contributed by atoms with van der Waals surface area (Å²) in [6.45, 7) is 2.26. The minimum absolute atomic E-state index is 0.165. The fourth-order valence-electron chi connectivity index (χ4n) is 3.32. The van der Waals surface area contributed by atoms with Gasteiger partial charge < -0.3 is 5.11 Å². The molecule has 3 aromatic carbocycles. The van der Waals surface area contributed by atoms with Crippen LogP contribution in [0, 0.1) is 6.92 Å². The third-order valence-corrected chi connectivity index (χ3v) is 4.93. The maximum atomic E-state index is 9.14. The fourth-order valence-corrected chi connectivity index (χ4v) is 3.32. The monoisotopic (exact) mass is 365 g/mol. The molecule has 0 radical (unpaired) electrons. The van der Waals surface area contributed by atoms with E-state index in [9.17, 15) is 0 Å². The SMILES string of the molecule is Cc1ccc(-c2cc(-c3ccccc3)cc(-c3ccc(CCO)cc3)n2)cc1. The number of hydrogen-bond acceptors (Lipinski definition) is 2. The molecule has 28 heavy (non-hydrogen) atoms. The van der Waals surface area contributed by atoms with Crippen LogP contribution in [0.5, 0.6) is 0 Å². The minimum atomic E-state index is 0.165. The topological polar surface area (TPSA) is 33.1 Å². The number of pyridine rings is 1. The van der Waals surface area contributed by atoms with E-state index >= 15 is 0 Å². The quantitative estimate of drug-likeness (QED) is 0.476. The van der Waals surface area contributed by atoms with Gasteiger partial charge in [0.25, 0.3) is 0 Å². The van der Waals surface area contributed by atoms with E-state index in [-0.39, 0.29) is 6.61 Å². The lowest BCUT2D eigenvalue weighted by atomic mass is 9.99. The molecular weight excluding hydrogens is 342 g/mol. The fraction of sp³-hybridized carbons (Fsp3) is 0.115. The zero-order valence-corrected chi connectivity index (χ0v) is 16.0. The first-order valence-electron chi connectivity index (χ1n) is 9.58. The number of rotatable bonds is 5. The number of aliphatic hydroxyl groups is 1. The Labute approximate surface area is 166 Å². The third-order valence-electron chi connectivity index (χ3n) is 4.93. The van der Waals surface area contributed by atoms with Crippen LogP contribution in [0.3, 0.4) is 0 Å². The molecule has 1 heterocycles. The molecule has 4 aromatic rings. The predicted molar refractivity (Wildman–Crippen MR) is 116 cm³/mol. The van der Waals surface area contributed by atoms with Crippen molar-refractivity contribution in [2.24, 2.45) is 0 Å². The van der Waals surface area contributed by atoms with Crippen LogP contribution in [0.25, 0.3) is 33.6 Å². The zero-order valence-electron chi connectivity index (χ0n) is 16.0. The average molecular weight is 365 g/mol. The molecule has 1 aromatic heterocycles. The normalized spacial score (nSPS) is 10.8. The summed E-state index contributed by atoms with van der Waals surface area (Å²) < 4.78 is 0. The summed E-state index contributed by atoms with van der Waals surface area (Å²) in [7, 11) is 0. The molecule has 0 unspecified atom stereocenters. The Morgan fingerprint density at radius 1 is 0.643 bits per heavy atom. The van der Waals surface area contributed by atoms with E-state index in [0.717, 1.165) is 33.6 Å². The maximum Gasteiger partial charge on any atom is 0.0715 e. The van der Waals surface area contributed by atoms with Gasteiger partial charge in [-0.1, -0.05) is 84.4 Å².